The Balaban J connectivity index is 2.02. The van der Waals surface area contributed by atoms with Crippen molar-refractivity contribution in [3.63, 3.8) is 0 Å². The second-order valence-corrected chi connectivity index (χ2v) is 5.18. The van der Waals surface area contributed by atoms with Gasteiger partial charge in [0.15, 0.2) is 0 Å². The van der Waals surface area contributed by atoms with Gasteiger partial charge >= 0.3 is 5.97 Å². The molecule has 0 heterocycles. The van der Waals surface area contributed by atoms with Gasteiger partial charge in [-0.1, -0.05) is 39.0 Å². The summed E-state index contributed by atoms with van der Waals surface area (Å²) in [4.78, 5) is 13.0. The number of rotatable bonds is 11. The lowest BCUT2D eigenvalue weighted by Gasteiger charge is -2.20. The van der Waals surface area contributed by atoms with Crippen molar-refractivity contribution in [3.8, 4) is 0 Å². The molecule has 3 nitrogen and oxygen atoms in total. The number of unbranched alkanes of at least 4 members (excludes halogenated alkanes) is 5. The van der Waals surface area contributed by atoms with Gasteiger partial charge in [-0.2, -0.15) is 0 Å². The van der Waals surface area contributed by atoms with Gasteiger partial charge in [0.2, 0.25) is 0 Å². The second-order valence-electron chi connectivity index (χ2n) is 5.18. The molecule has 0 radical (unpaired) electrons. The highest BCUT2D eigenvalue weighted by atomic mass is 16.4. The van der Waals surface area contributed by atoms with Gasteiger partial charge in [0.1, 0.15) is 0 Å². The number of carboxylic acids is 1. The van der Waals surface area contributed by atoms with Crippen LogP contribution in [0, 0.1) is 0 Å². The Morgan fingerprint density at radius 1 is 1.12 bits per heavy atom. The Labute approximate surface area is 105 Å². The predicted octanol–water partition coefficient (Wildman–Crippen LogP) is 3.29. The van der Waals surface area contributed by atoms with E-state index in [0.29, 0.717) is 12.5 Å². The van der Waals surface area contributed by atoms with E-state index in [1.807, 2.05) is 0 Å². The van der Waals surface area contributed by atoms with Gasteiger partial charge in [0, 0.05) is 12.6 Å². The lowest BCUT2D eigenvalue weighted by molar-refractivity contribution is -0.137. The molecular formula is C14H27NO2. The Morgan fingerprint density at radius 3 is 2.35 bits per heavy atom. The van der Waals surface area contributed by atoms with Crippen molar-refractivity contribution >= 4 is 5.97 Å². The van der Waals surface area contributed by atoms with Gasteiger partial charge in [0.25, 0.3) is 0 Å². The molecule has 0 saturated heterocycles. The average molecular weight is 241 g/mol. The van der Waals surface area contributed by atoms with Crippen LogP contribution in [-0.2, 0) is 4.79 Å². The average Bonchev–Trinajstić information content (AvgIpc) is 3.11. The Kier molecular flexibility index (Phi) is 7.25. The van der Waals surface area contributed by atoms with Gasteiger partial charge in [-0.25, -0.2) is 0 Å². The zero-order valence-electron chi connectivity index (χ0n) is 11.2. The first-order chi connectivity index (χ1) is 8.24. The molecule has 0 bridgehead atoms. The number of carboxylic acid groups (broad SMARTS) is 1. The molecule has 3 heteroatoms. The van der Waals surface area contributed by atoms with Gasteiger partial charge in [0.05, 0.1) is 6.42 Å². The number of hydrogen-bond donors (Lipinski definition) is 1. The third-order valence-electron chi connectivity index (χ3n) is 3.48. The fourth-order valence-electron chi connectivity index (χ4n) is 2.25. The number of nitrogens with zero attached hydrogens (tertiary/aromatic N) is 1. The number of aliphatic carboxylic acids is 1. The topological polar surface area (TPSA) is 40.5 Å². The van der Waals surface area contributed by atoms with E-state index in [2.05, 4.69) is 11.8 Å². The fraction of sp³-hybridized carbons (Fsp3) is 0.929. The molecule has 0 aromatic rings. The highest BCUT2D eigenvalue weighted by Crippen LogP contribution is 2.27. The third kappa shape index (κ3) is 7.37. The summed E-state index contributed by atoms with van der Waals surface area (Å²) < 4.78 is 0. The highest BCUT2D eigenvalue weighted by molar-refractivity contribution is 5.66. The van der Waals surface area contributed by atoms with E-state index in [-0.39, 0.29) is 0 Å². The van der Waals surface area contributed by atoms with Crippen LogP contribution in [0.5, 0.6) is 0 Å². The van der Waals surface area contributed by atoms with Gasteiger partial charge < -0.3 is 5.11 Å². The number of hydrogen-bond acceptors (Lipinski definition) is 2. The van der Waals surface area contributed by atoms with Crippen LogP contribution in [0.1, 0.15) is 64.7 Å². The normalized spacial score (nSPS) is 15.4. The van der Waals surface area contributed by atoms with E-state index < -0.39 is 5.97 Å². The molecule has 0 aromatic heterocycles. The van der Waals surface area contributed by atoms with Crippen molar-refractivity contribution in [3.05, 3.63) is 0 Å². The lowest BCUT2D eigenvalue weighted by Crippen LogP contribution is -2.29. The summed E-state index contributed by atoms with van der Waals surface area (Å²) in [7, 11) is 0. The molecule has 0 amide bonds. The van der Waals surface area contributed by atoms with E-state index in [1.54, 1.807) is 0 Å². The molecule has 0 spiro atoms. The van der Waals surface area contributed by atoms with Gasteiger partial charge in [-0.3, -0.25) is 9.69 Å². The summed E-state index contributed by atoms with van der Waals surface area (Å²) in [6.45, 7) is 4.08. The van der Waals surface area contributed by atoms with Crippen molar-refractivity contribution in [2.24, 2.45) is 0 Å². The molecule has 1 aliphatic carbocycles. The van der Waals surface area contributed by atoms with Crippen LogP contribution in [0.2, 0.25) is 0 Å². The Hall–Kier alpha value is -0.570. The summed E-state index contributed by atoms with van der Waals surface area (Å²) >= 11 is 0. The van der Waals surface area contributed by atoms with E-state index in [1.165, 1.54) is 51.4 Å². The van der Waals surface area contributed by atoms with Crippen molar-refractivity contribution < 1.29 is 9.90 Å². The van der Waals surface area contributed by atoms with E-state index >= 15 is 0 Å². The van der Waals surface area contributed by atoms with Crippen LogP contribution < -0.4 is 0 Å². The predicted molar refractivity (Wildman–Crippen MR) is 70.2 cm³/mol. The zero-order valence-corrected chi connectivity index (χ0v) is 11.2. The van der Waals surface area contributed by atoms with Crippen LogP contribution in [0.25, 0.3) is 0 Å². The number of carbonyl (C=O) groups is 1. The standard InChI is InChI=1S/C14H27NO2/c1-2-3-4-5-6-7-11-15(13-8-9-13)12-10-14(16)17/h13H,2-12H2,1H3,(H,16,17). The minimum atomic E-state index is -0.668. The molecule has 0 unspecified atom stereocenters. The first kappa shape index (κ1) is 14.5. The second kappa shape index (κ2) is 8.51. The maximum Gasteiger partial charge on any atom is 0.304 e. The van der Waals surface area contributed by atoms with Crippen molar-refractivity contribution in [1.29, 1.82) is 0 Å². The third-order valence-corrected chi connectivity index (χ3v) is 3.48. The van der Waals surface area contributed by atoms with Crippen LogP contribution in [0.4, 0.5) is 0 Å². The molecule has 1 aliphatic rings. The maximum absolute atomic E-state index is 10.6. The molecular weight excluding hydrogens is 214 g/mol. The molecule has 17 heavy (non-hydrogen) atoms. The largest absolute Gasteiger partial charge is 0.481 e. The van der Waals surface area contributed by atoms with E-state index in [9.17, 15) is 4.79 Å². The summed E-state index contributed by atoms with van der Waals surface area (Å²) in [5.41, 5.74) is 0. The van der Waals surface area contributed by atoms with E-state index in [0.717, 1.165) is 13.1 Å². The first-order valence-electron chi connectivity index (χ1n) is 7.20. The summed E-state index contributed by atoms with van der Waals surface area (Å²) in [6, 6.07) is 0.699. The molecule has 100 valence electrons. The molecule has 1 saturated carbocycles. The highest BCUT2D eigenvalue weighted by Gasteiger charge is 2.28. The molecule has 0 atom stereocenters. The van der Waals surface area contributed by atoms with Crippen LogP contribution in [0.3, 0.4) is 0 Å². The van der Waals surface area contributed by atoms with Crippen molar-refractivity contribution in [2.45, 2.75) is 70.8 Å². The maximum atomic E-state index is 10.6. The first-order valence-corrected chi connectivity index (χ1v) is 7.20. The van der Waals surface area contributed by atoms with Crippen molar-refractivity contribution in [2.75, 3.05) is 13.1 Å². The molecule has 1 fully saturated rings. The SMILES string of the molecule is CCCCCCCCN(CCC(=O)O)C1CC1. The molecule has 1 rings (SSSR count). The minimum Gasteiger partial charge on any atom is -0.481 e. The van der Waals surface area contributed by atoms with Crippen LogP contribution in [-0.4, -0.2) is 35.1 Å². The zero-order chi connectivity index (χ0) is 12.5. The molecule has 0 aromatic carbocycles. The molecule has 1 N–H and O–H groups in total. The quantitative estimate of drug-likeness (QED) is 0.564. The minimum absolute atomic E-state index is 0.298. The van der Waals surface area contributed by atoms with E-state index in [4.69, 9.17) is 5.11 Å². The fourth-order valence-corrected chi connectivity index (χ4v) is 2.25. The monoisotopic (exact) mass is 241 g/mol. The summed E-state index contributed by atoms with van der Waals surface area (Å²) in [5.74, 6) is -0.668. The summed E-state index contributed by atoms with van der Waals surface area (Å²) in [6.07, 6.45) is 10.7. The smallest absolute Gasteiger partial charge is 0.304 e. The van der Waals surface area contributed by atoms with Gasteiger partial charge in [-0.05, 0) is 25.8 Å². The molecule has 0 aliphatic heterocycles. The summed E-state index contributed by atoms with van der Waals surface area (Å²) in [5, 5.41) is 8.71. The Morgan fingerprint density at radius 2 is 1.76 bits per heavy atom. The van der Waals surface area contributed by atoms with Crippen molar-refractivity contribution in [1.82, 2.24) is 4.90 Å². The lowest BCUT2D eigenvalue weighted by atomic mass is 10.1. The Bertz CT molecular complexity index is 214. The van der Waals surface area contributed by atoms with Crippen LogP contribution in [0.15, 0.2) is 0 Å². The van der Waals surface area contributed by atoms with Crippen LogP contribution >= 0.6 is 0 Å². The van der Waals surface area contributed by atoms with Gasteiger partial charge in [-0.15, -0.1) is 0 Å².